The Labute approximate surface area is 68.0 Å². The minimum atomic E-state index is 0.826. The van der Waals surface area contributed by atoms with Crippen molar-refractivity contribution < 1.29 is 0 Å². The van der Waals surface area contributed by atoms with Crippen LogP contribution in [-0.4, -0.2) is 11.2 Å². The maximum Gasteiger partial charge on any atom is 0.0902 e. The minimum absolute atomic E-state index is 0.826. The van der Waals surface area contributed by atoms with Crippen LogP contribution < -0.4 is 0 Å². The van der Waals surface area contributed by atoms with Gasteiger partial charge in [0, 0.05) is 11.9 Å². The fourth-order valence-corrected chi connectivity index (χ4v) is 0.617. The molecule has 60 valence electrons. The van der Waals surface area contributed by atoms with E-state index in [0.717, 1.165) is 5.70 Å². The Morgan fingerprint density at radius 3 is 2.45 bits per heavy atom. The molecule has 2 nitrogen and oxygen atoms in total. The average molecular weight is 150 g/mol. The van der Waals surface area contributed by atoms with E-state index >= 15 is 0 Å². The molecule has 1 rings (SSSR count). The Kier molecular flexibility index (Phi) is 4.82. The van der Waals surface area contributed by atoms with Crippen LogP contribution in [0.3, 0.4) is 0 Å². The van der Waals surface area contributed by atoms with E-state index in [0.29, 0.717) is 0 Å². The van der Waals surface area contributed by atoms with Gasteiger partial charge in [0.05, 0.1) is 6.34 Å². The summed E-state index contributed by atoms with van der Waals surface area (Å²) in [7, 11) is 0. The highest BCUT2D eigenvalue weighted by Gasteiger charge is 1.97. The third-order valence-corrected chi connectivity index (χ3v) is 1.12. The van der Waals surface area contributed by atoms with Gasteiger partial charge in [-0.05, 0) is 12.2 Å². The average Bonchev–Trinajstić information content (AvgIpc) is 2.09. The normalized spacial score (nSPS) is 14.0. The Hall–Kier alpha value is -1.31. The maximum absolute atomic E-state index is 6.88. The monoisotopic (exact) mass is 150 g/mol. The first-order valence-electron chi connectivity index (χ1n) is 3.67. The van der Waals surface area contributed by atoms with Crippen LogP contribution in [0.5, 0.6) is 0 Å². The Morgan fingerprint density at radius 1 is 1.45 bits per heavy atom. The van der Waals surface area contributed by atoms with Gasteiger partial charge in [0.1, 0.15) is 0 Å². The first kappa shape index (κ1) is 9.69. The lowest BCUT2D eigenvalue weighted by Gasteiger charge is -2.15. The van der Waals surface area contributed by atoms with Crippen molar-refractivity contribution in [2.24, 2.45) is 0 Å². The summed E-state index contributed by atoms with van der Waals surface area (Å²) in [6, 6.07) is 0. The lowest BCUT2D eigenvalue weighted by atomic mass is 10.3. The third-order valence-electron chi connectivity index (χ3n) is 1.12. The van der Waals surface area contributed by atoms with Gasteiger partial charge in [0.25, 0.3) is 0 Å². The van der Waals surface area contributed by atoms with Gasteiger partial charge >= 0.3 is 0 Å². The molecule has 0 saturated carbocycles. The Balaban J connectivity index is 0.000000461. The van der Waals surface area contributed by atoms with E-state index in [1.807, 2.05) is 32.1 Å². The van der Waals surface area contributed by atoms with Crippen LogP contribution in [0.15, 0.2) is 36.7 Å². The van der Waals surface area contributed by atoms with Crippen molar-refractivity contribution >= 4 is 6.34 Å². The van der Waals surface area contributed by atoms with Crippen LogP contribution in [0, 0.1) is 5.41 Å². The maximum atomic E-state index is 6.88. The van der Waals surface area contributed by atoms with E-state index in [-0.39, 0.29) is 0 Å². The first-order valence-corrected chi connectivity index (χ1v) is 3.67. The van der Waals surface area contributed by atoms with Crippen LogP contribution in [0.2, 0.25) is 0 Å². The summed E-state index contributed by atoms with van der Waals surface area (Å²) in [4.78, 5) is 1.64. The third kappa shape index (κ3) is 2.85. The van der Waals surface area contributed by atoms with Gasteiger partial charge in [-0.1, -0.05) is 26.5 Å². The van der Waals surface area contributed by atoms with Crippen molar-refractivity contribution in [1.82, 2.24) is 4.90 Å². The summed E-state index contributed by atoms with van der Waals surface area (Å²) in [5, 5.41) is 6.88. The summed E-state index contributed by atoms with van der Waals surface area (Å²) >= 11 is 0. The summed E-state index contributed by atoms with van der Waals surface area (Å²) in [5.74, 6) is 0. The molecule has 0 aromatic carbocycles. The van der Waals surface area contributed by atoms with Crippen LogP contribution in [-0.2, 0) is 0 Å². The largest absolute Gasteiger partial charge is 0.309 e. The SMILES string of the molecule is C=C1C=CC=CN1C=N.CC. The fraction of sp³-hybridized carbons (Fsp3) is 0.222. The second-order valence-corrected chi connectivity index (χ2v) is 1.73. The van der Waals surface area contributed by atoms with E-state index in [1.165, 1.54) is 6.34 Å². The standard InChI is InChI=1S/C7H8N2.C2H6/c1-7-4-2-3-5-9(7)6-8;1-2/h2-6,8H,1H2;1-2H3. The van der Waals surface area contributed by atoms with E-state index in [2.05, 4.69) is 6.58 Å². The van der Waals surface area contributed by atoms with Gasteiger partial charge in [-0.15, -0.1) is 0 Å². The number of allylic oxidation sites excluding steroid dienone is 3. The Morgan fingerprint density at radius 2 is 2.09 bits per heavy atom. The van der Waals surface area contributed by atoms with Crippen LogP contribution in [0.4, 0.5) is 0 Å². The number of nitrogens with zero attached hydrogens (tertiary/aromatic N) is 1. The molecule has 0 amide bonds. The lowest BCUT2D eigenvalue weighted by Crippen LogP contribution is -2.12. The molecular weight excluding hydrogens is 136 g/mol. The molecule has 0 spiro atoms. The van der Waals surface area contributed by atoms with Crippen molar-refractivity contribution in [3.63, 3.8) is 0 Å². The molecule has 1 aliphatic rings. The van der Waals surface area contributed by atoms with Crippen LogP contribution in [0.1, 0.15) is 13.8 Å². The highest BCUT2D eigenvalue weighted by Crippen LogP contribution is 2.05. The van der Waals surface area contributed by atoms with Gasteiger partial charge < -0.3 is 4.90 Å². The van der Waals surface area contributed by atoms with Crippen LogP contribution in [0.25, 0.3) is 0 Å². The molecule has 0 saturated heterocycles. The first-order chi connectivity index (χ1) is 5.34. The van der Waals surface area contributed by atoms with Gasteiger partial charge in [-0.3, -0.25) is 5.41 Å². The molecule has 2 heteroatoms. The van der Waals surface area contributed by atoms with Crippen molar-refractivity contribution in [2.45, 2.75) is 13.8 Å². The van der Waals surface area contributed by atoms with Gasteiger partial charge in [0.15, 0.2) is 0 Å². The summed E-state index contributed by atoms with van der Waals surface area (Å²) in [6.45, 7) is 7.70. The van der Waals surface area contributed by atoms with Crippen molar-refractivity contribution in [2.75, 3.05) is 0 Å². The molecule has 1 N–H and O–H groups in total. The van der Waals surface area contributed by atoms with Crippen molar-refractivity contribution in [3.05, 3.63) is 36.7 Å². The quantitative estimate of drug-likeness (QED) is 0.451. The summed E-state index contributed by atoms with van der Waals surface area (Å²) in [5.41, 5.74) is 0.826. The van der Waals surface area contributed by atoms with Gasteiger partial charge in [-0.2, -0.15) is 0 Å². The highest BCUT2D eigenvalue weighted by molar-refractivity contribution is 5.58. The predicted molar refractivity (Wildman–Crippen MR) is 49.4 cm³/mol. The topological polar surface area (TPSA) is 27.1 Å². The molecule has 0 aliphatic carbocycles. The predicted octanol–water partition coefficient (Wildman–Crippen LogP) is 2.52. The molecule has 0 radical (unpaired) electrons. The molecule has 0 bridgehead atoms. The van der Waals surface area contributed by atoms with E-state index in [1.54, 1.807) is 11.1 Å². The summed E-state index contributed by atoms with van der Waals surface area (Å²) < 4.78 is 0. The molecule has 11 heavy (non-hydrogen) atoms. The zero-order valence-corrected chi connectivity index (χ0v) is 7.04. The molecular formula is C9H14N2. The smallest absolute Gasteiger partial charge is 0.0902 e. The number of hydrogen-bond donors (Lipinski definition) is 1. The van der Waals surface area contributed by atoms with Crippen LogP contribution >= 0.6 is 0 Å². The van der Waals surface area contributed by atoms with Crippen molar-refractivity contribution in [1.29, 1.82) is 5.41 Å². The van der Waals surface area contributed by atoms with E-state index in [9.17, 15) is 0 Å². The fourth-order valence-electron chi connectivity index (χ4n) is 0.617. The molecule has 0 aromatic heterocycles. The van der Waals surface area contributed by atoms with Crippen molar-refractivity contribution in [3.8, 4) is 0 Å². The molecule has 1 heterocycles. The van der Waals surface area contributed by atoms with Gasteiger partial charge in [-0.25, -0.2) is 0 Å². The van der Waals surface area contributed by atoms with E-state index < -0.39 is 0 Å². The molecule has 1 aliphatic heterocycles. The number of nitrogens with one attached hydrogen (secondary N) is 1. The lowest BCUT2D eigenvalue weighted by molar-refractivity contribution is 0.728. The summed E-state index contributed by atoms with van der Waals surface area (Å²) in [6.07, 6.45) is 8.62. The second kappa shape index (κ2) is 5.47. The Bertz CT molecular complexity index is 190. The number of hydrogen-bond acceptors (Lipinski definition) is 1. The molecule has 0 fully saturated rings. The molecule has 0 aromatic rings. The van der Waals surface area contributed by atoms with Gasteiger partial charge in [0.2, 0.25) is 0 Å². The number of rotatable bonds is 1. The zero-order chi connectivity index (χ0) is 8.69. The molecule has 0 unspecified atom stereocenters. The second-order valence-electron chi connectivity index (χ2n) is 1.73. The zero-order valence-electron chi connectivity index (χ0n) is 7.04. The van der Waals surface area contributed by atoms with E-state index in [4.69, 9.17) is 5.41 Å². The highest BCUT2D eigenvalue weighted by atomic mass is 15.1. The minimum Gasteiger partial charge on any atom is -0.309 e. The molecule has 0 atom stereocenters.